The summed E-state index contributed by atoms with van der Waals surface area (Å²) in [6, 6.07) is 9.77. The van der Waals surface area contributed by atoms with Crippen LogP contribution in [0.5, 0.6) is 0 Å². The van der Waals surface area contributed by atoms with E-state index in [0.717, 1.165) is 11.1 Å². The summed E-state index contributed by atoms with van der Waals surface area (Å²) in [6.07, 6.45) is 0. The minimum Gasteiger partial charge on any atom is -0.304 e. The predicted molar refractivity (Wildman–Crippen MR) is 87.8 cm³/mol. The average Bonchev–Trinajstić information content (AvgIpc) is 2.37. The van der Waals surface area contributed by atoms with Gasteiger partial charge in [-0.25, -0.2) is 4.39 Å². The van der Waals surface area contributed by atoms with Crippen molar-refractivity contribution in [2.75, 3.05) is 0 Å². The van der Waals surface area contributed by atoms with E-state index in [0.29, 0.717) is 15.1 Å². The predicted octanol–water partition coefficient (Wildman–Crippen LogP) is 6.20. The summed E-state index contributed by atoms with van der Waals surface area (Å²) in [5, 5.41) is 5.02. The number of rotatable bonds is 4. The average molecular weight is 347 g/mol. The lowest BCUT2D eigenvalue weighted by Crippen LogP contribution is -2.23. The molecule has 2 rings (SSSR count). The Morgan fingerprint density at radius 3 is 1.90 bits per heavy atom. The number of benzene rings is 2. The smallest absolute Gasteiger partial charge is 0.124 e. The van der Waals surface area contributed by atoms with Crippen LogP contribution in [0.4, 0.5) is 4.39 Å². The monoisotopic (exact) mass is 345 g/mol. The van der Waals surface area contributed by atoms with E-state index in [-0.39, 0.29) is 17.9 Å². The topological polar surface area (TPSA) is 12.0 Å². The lowest BCUT2D eigenvalue weighted by Gasteiger charge is -2.22. The molecule has 1 N–H and O–H groups in total. The van der Waals surface area contributed by atoms with E-state index < -0.39 is 0 Å². The first-order valence-corrected chi connectivity index (χ1v) is 7.68. The molecule has 0 aliphatic heterocycles. The van der Waals surface area contributed by atoms with Crippen molar-refractivity contribution in [1.82, 2.24) is 5.32 Å². The van der Waals surface area contributed by atoms with Crippen molar-refractivity contribution >= 4 is 34.8 Å². The lowest BCUT2D eigenvalue weighted by atomic mass is 10.0. The SMILES string of the molecule is CC(NC(C)c1ccc(Cl)cc1Cl)c1ccc(F)cc1Cl. The molecule has 1 nitrogen and oxygen atoms in total. The molecule has 0 fully saturated rings. The molecule has 0 aliphatic rings. The highest BCUT2D eigenvalue weighted by molar-refractivity contribution is 6.35. The van der Waals surface area contributed by atoms with Crippen LogP contribution < -0.4 is 5.32 Å². The van der Waals surface area contributed by atoms with Gasteiger partial charge in [0.05, 0.1) is 0 Å². The molecule has 0 heterocycles. The first-order chi connectivity index (χ1) is 9.88. The molecule has 0 spiro atoms. The summed E-state index contributed by atoms with van der Waals surface area (Å²) in [4.78, 5) is 0. The summed E-state index contributed by atoms with van der Waals surface area (Å²) < 4.78 is 13.1. The molecular weight excluding hydrogens is 332 g/mol. The molecule has 5 heteroatoms. The fraction of sp³-hybridized carbons (Fsp3) is 0.250. The van der Waals surface area contributed by atoms with Gasteiger partial charge >= 0.3 is 0 Å². The van der Waals surface area contributed by atoms with Crippen molar-refractivity contribution in [2.24, 2.45) is 0 Å². The van der Waals surface area contributed by atoms with Crippen molar-refractivity contribution in [2.45, 2.75) is 25.9 Å². The fourth-order valence-electron chi connectivity index (χ4n) is 2.26. The summed E-state index contributed by atoms with van der Waals surface area (Å²) in [5.41, 5.74) is 1.79. The van der Waals surface area contributed by atoms with Crippen LogP contribution in [-0.4, -0.2) is 0 Å². The van der Waals surface area contributed by atoms with Crippen LogP contribution >= 0.6 is 34.8 Å². The third-order valence-corrected chi connectivity index (χ3v) is 4.25. The van der Waals surface area contributed by atoms with E-state index in [4.69, 9.17) is 34.8 Å². The molecule has 0 radical (unpaired) electrons. The van der Waals surface area contributed by atoms with Crippen molar-refractivity contribution in [1.29, 1.82) is 0 Å². The molecule has 2 aromatic carbocycles. The lowest BCUT2D eigenvalue weighted by molar-refractivity contribution is 0.494. The first kappa shape index (κ1) is 16.6. The molecule has 0 aromatic heterocycles. The molecule has 0 saturated carbocycles. The van der Waals surface area contributed by atoms with Gasteiger partial charge in [0, 0.05) is 27.2 Å². The van der Waals surface area contributed by atoms with Crippen molar-refractivity contribution in [3.63, 3.8) is 0 Å². The van der Waals surface area contributed by atoms with Crippen LogP contribution in [0.15, 0.2) is 36.4 Å². The second kappa shape index (κ2) is 6.97. The van der Waals surface area contributed by atoms with E-state index in [2.05, 4.69) is 5.32 Å². The molecule has 0 aliphatic carbocycles. The Balaban J connectivity index is 2.16. The van der Waals surface area contributed by atoms with Gasteiger partial charge < -0.3 is 5.32 Å². The standard InChI is InChI=1S/C16H15Cl3FN/c1-9(13-5-3-11(17)7-15(13)18)21-10(2)14-6-4-12(20)8-16(14)19/h3-10,21H,1-2H3. The van der Waals surface area contributed by atoms with Crippen molar-refractivity contribution < 1.29 is 4.39 Å². The number of halogens is 4. The summed E-state index contributed by atoms with van der Waals surface area (Å²) >= 11 is 18.2. The second-order valence-corrected chi connectivity index (χ2v) is 6.19. The van der Waals surface area contributed by atoms with Gasteiger partial charge in [0.15, 0.2) is 0 Å². The largest absolute Gasteiger partial charge is 0.304 e. The zero-order valence-corrected chi connectivity index (χ0v) is 13.9. The third kappa shape index (κ3) is 4.10. The van der Waals surface area contributed by atoms with Gasteiger partial charge in [-0.3, -0.25) is 0 Å². The van der Waals surface area contributed by atoms with E-state index in [1.807, 2.05) is 19.9 Å². The third-order valence-electron chi connectivity index (χ3n) is 3.36. The van der Waals surface area contributed by atoms with E-state index >= 15 is 0 Å². The summed E-state index contributed by atoms with van der Waals surface area (Å²) in [5.74, 6) is -0.343. The number of hydrogen-bond acceptors (Lipinski definition) is 1. The zero-order chi connectivity index (χ0) is 15.6. The number of nitrogens with one attached hydrogen (secondary N) is 1. The van der Waals surface area contributed by atoms with Gasteiger partial charge in [0.2, 0.25) is 0 Å². The van der Waals surface area contributed by atoms with Crippen LogP contribution in [0, 0.1) is 5.82 Å². The van der Waals surface area contributed by atoms with Gasteiger partial charge in [0.25, 0.3) is 0 Å². The van der Waals surface area contributed by atoms with Crippen LogP contribution in [0.1, 0.15) is 37.1 Å². The highest BCUT2D eigenvalue weighted by atomic mass is 35.5. The van der Waals surface area contributed by atoms with Crippen molar-refractivity contribution in [3.8, 4) is 0 Å². The molecule has 2 unspecified atom stereocenters. The molecule has 0 saturated heterocycles. The maximum absolute atomic E-state index is 13.1. The molecule has 2 aromatic rings. The highest BCUT2D eigenvalue weighted by Crippen LogP contribution is 2.30. The Hall–Kier alpha value is -0.800. The minimum atomic E-state index is -0.343. The highest BCUT2D eigenvalue weighted by Gasteiger charge is 2.16. The molecule has 0 amide bonds. The Morgan fingerprint density at radius 1 is 0.857 bits per heavy atom. The molecule has 2 atom stereocenters. The Labute approximate surface area is 139 Å². The van der Waals surface area contributed by atoms with E-state index in [1.165, 1.54) is 12.1 Å². The zero-order valence-electron chi connectivity index (χ0n) is 11.6. The maximum Gasteiger partial charge on any atom is 0.124 e. The summed E-state index contributed by atoms with van der Waals surface area (Å²) in [6.45, 7) is 3.97. The maximum atomic E-state index is 13.1. The normalized spacial score (nSPS) is 14.0. The molecule has 21 heavy (non-hydrogen) atoms. The van der Waals surface area contributed by atoms with Crippen LogP contribution in [0.2, 0.25) is 15.1 Å². The molecule has 0 bridgehead atoms. The van der Waals surface area contributed by atoms with Crippen LogP contribution in [0.3, 0.4) is 0 Å². The quantitative estimate of drug-likeness (QED) is 0.695. The van der Waals surface area contributed by atoms with Crippen molar-refractivity contribution in [3.05, 3.63) is 68.4 Å². The Kier molecular flexibility index (Phi) is 5.50. The van der Waals surface area contributed by atoms with Gasteiger partial charge in [-0.15, -0.1) is 0 Å². The van der Waals surface area contributed by atoms with Gasteiger partial charge in [0.1, 0.15) is 5.82 Å². The minimum absolute atomic E-state index is 0.00545. The van der Waals surface area contributed by atoms with Gasteiger partial charge in [-0.05, 0) is 49.2 Å². The second-order valence-electron chi connectivity index (χ2n) is 4.94. The first-order valence-electron chi connectivity index (χ1n) is 6.54. The molecular formula is C16H15Cl3FN. The van der Waals surface area contributed by atoms with Gasteiger partial charge in [-0.2, -0.15) is 0 Å². The van der Waals surface area contributed by atoms with Crippen LogP contribution in [0.25, 0.3) is 0 Å². The Morgan fingerprint density at radius 2 is 1.38 bits per heavy atom. The fourth-order valence-corrected chi connectivity index (χ4v) is 3.16. The van der Waals surface area contributed by atoms with Crippen LogP contribution in [-0.2, 0) is 0 Å². The summed E-state index contributed by atoms with van der Waals surface area (Å²) in [7, 11) is 0. The molecule has 112 valence electrons. The van der Waals surface area contributed by atoms with E-state index in [9.17, 15) is 4.39 Å². The number of hydrogen-bond donors (Lipinski definition) is 1. The van der Waals surface area contributed by atoms with E-state index in [1.54, 1.807) is 18.2 Å². The Bertz CT molecular complexity index is 590. The van der Waals surface area contributed by atoms with Gasteiger partial charge in [-0.1, -0.05) is 46.9 Å².